The van der Waals surface area contributed by atoms with Crippen LogP contribution in [-0.4, -0.2) is 85.1 Å². The zero-order valence-electron chi connectivity index (χ0n) is 25.7. The number of aromatic nitrogens is 4. The molecule has 0 aliphatic carbocycles. The third-order valence-electron chi connectivity index (χ3n) is 6.97. The number of aryl methyl sites for hydroxylation is 1. The molecule has 20 heteroatoms. The number of carboxylic acid groups (broad SMARTS) is 2. The largest absolute Gasteiger partial charge is 0.490 e. The number of fused-ring (bicyclic) bond motifs is 1. The van der Waals surface area contributed by atoms with Crippen molar-refractivity contribution in [2.45, 2.75) is 38.5 Å². The Morgan fingerprint density at radius 1 is 0.860 bits per heavy atom. The van der Waals surface area contributed by atoms with Crippen LogP contribution in [0, 0.1) is 11.3 Å². The average Bonchev–Trinajstić information content (AvgIpc) is 3.41. The number of carboxylic acids is 2. The van der Waals surface area contributed by atoms with Gasteiger partial charge in [-0.1, -0.05) is 12.1 Å². The molecule has 0 unspecified atom stereocenters. The van der Waals surface area contributed by atoms with E-state index >= 15 is 0 Å². The minimum Gasteiger partial charge on any atom is -0.475 e. The second-order valence-electron chi connectivity index (χ2n) is 10.3. The number of hydrogen-bond donors (Lipinski definition) is 2. The molecule has 2 N–H and O–H groups in total. The second-order valence-corrected chi connectivity index (χ2v) is 10.3. The van der Waals surface area contributed by atoms with Crippen LogP contribution >= 0.6 is 0 Å². The van der Waals surface area contributed by atoms with Crippen molar-refractivity contribution in [2.75, 3.05) is 31.1 Å². The van der Waals surface area contributed by atoms with E-state index in [1.54, 1.807) is 24.5 Å². The standard InChI is InChI=1S/C26H24F3N7.2C2HF3O2/c1-2-36-23-15-21(18-4-3-5-19(14-18)26(27,28)29)32-22(16-30)25(23)33-24(36)17-34-10-12-35(13-11-34)20-6-8-31-9-7-20;2*3-2(4,5)1(6)7/h3-9,14-15H,2,10-13,17H2,1H3;2*(H,6,7). The lowest BCUT2D eigenvalue weighted by Gasteiger charge is -2.35. The highest BCUT2D eigenvalue weighted by Crippen LogP contribution is 2.33. The predicted octanol–water partition coefficient (Wildman–Crippen LogP) is 5.99. The lowest BCUT2D eigenvalue weighted by Crippen LogP contribution is -2.46. The number of aliphatic carboxylic acids is 2. The van der Waals surface area contributed by atoms with Crippen molar-refractivity contribution in [2.24, 2.45) is 0 Å². The minimum atomic E-state index is -5.08. The van der Waals surface area contributed by atoms with Gasteiger partial charge in [-0.15, -0.1) is 0 Å². The summed E-state index contributed by atoms with van der Waals surface area (Å²) in [5, 5.41) is 24.0. The number of anilines is 1. The number of benzene rings is 1. The fourth-order valence-corrected chi connectivity index (χ4v) is 4.64. The van der Waals surface area contributed by atoms with E-state index in [-0.39, 0.29) is 5.69 Å². The lowest BCUT2D eigenvalue weighted by atomic mass is 10.1. The van der Waals surface area contributed by atoms with Gasteiger partial charge >= 0.3 is 30.5 Å². The molecule has 1 fully saturated rings. The minimum absolute atomic E-state index is 0.107. The Balaban J connectivity index is 0.000000408. The van der Waals surface area contributed by atoms with Gasteiger partial charge in [-0.3, -0.25) is 9.88 Å². The van der Waals surface area contributed by atoms with Crippen molar-refractivity contribution in [1.82, 2.24) is 24.4 Å². The molecule has 3 aromatic heterocycles. The summed E-state index contributed by atoms with van der Waals surface area (Å²) in [6.45, 7) is 6.67. The van der Waals surface area contributed by atoms with Gasteiger partial charge in [-0.2, -0.15) is 44.8 Å². The molecular formula is C30H26F9N7O4. The Morgan fingerprint density at radius 2 is 1.42 bits per heavy atom. The summed E-state index contributed by atoms with van der Waals surface area (Å²) < 4.78 is 105. The quantitative estimate of drug-likeness (QED) is 0.236. The molecule has 1 aliphatic rings. The van der Waals surface area contributed by atoms with Crippen LogP contribution in [0.2, 0.25) is 0 Å². The van der Waals surface area contributed by atoms with Gasteiger partial charge in [-0.05, 0) is 37.3 Å². The van der Waals surface area contributed by atoms with Gasteiger partial charge in [-0.25, -0.2) is 19.6 Å². The third-order valence-corrected chi connectivity index (χ3v) is 6.97. The number of halogens is 9. The number of piperazine rings is 1. The van der Waals surface area contributed by atoms with Crippen LogP contribution in [-0.2, 0) is 28.9 Å². The van der Waals surface area contributed by atoms with Crippen LogP contribution in [0.15, 0.2) is 54.9 Å². The summed E-state index contributed by atoms with van der Waals surface area (Å²) in [5.74, 6) is -4.70. The molecule has 11 nitrogen and oxygen atoms in total. The van der Waals surface area contributed by atoms with Crippen molar-refractivity contribution >= 4 is 28.7 Å². The Labute approximate surface area is 276 Å². The molecule has 50 heavy (non-hydrogen) atoms. The van der Waals surface area contributed by atoms with E-state index in [0.717, 1.165) is 49.8 Å². The van der Waals surface area contributed by atoms with Gasteiger partial charge in [0.2, 0.25) is 0 Å². The fraction of sp³-hybridized carbons (Fsp3) is 0.333. The molecule has 1 aliphatic heterocycles. The van der Waals surface area contributed by atoms with Crippen LogP contribution in [0.5, 0.6) is 0 Å². The summed E-state index contributed by atoms with van der Waals surface area (Å²) in [6, 6.07) is 12.8. The predicted molar refractivity (Wildman–Crippen MR) is 157 cm³/mol. The molecule has 1 aromatic carbocycles. The van der Waals surface area contributed by atoms with E-state index in [1.165, 1.54) is 6.07 Å². The van der Waals surface area contributed by atoms with Crippen molar-refractivity contribution in [3.8, 4) is 17.3 Å². The number of hydrogen-bond acceptors (Lipinski definition) is 8. The molecule has 0 atom stereocenters. The van der Waals surface area contributed by atoms with E-state index in [1.807, 2.05) is 23.6 Å². The van der Waals surface area contributed by atoms with E-state index in [9.17, 15) is 44.8 Å². The highest BCUT2D eigenvalue weighted by Gasteiger charge is 2.39. The van der Waals surface area contributed by atoms with Crippen LogP contribution in [0.25, 0.3) is 22.3 Å². The SMILES string of the molecule is CCn1c(CN2CCN(c3ccncc3)CC2)nc2c(C#N)nc(-c3cccc(C(F)(F)F)c3)cc21.O=C(O)C(F)(F)F.O=C(O)C(F)(F)F. The van der Waals surface area contributed by atoms with Gasteiger partial charge in [0.25, 0.3) is 0 Å². The van der Waals surface area contributed by atoms with Crippen LogP contribution in [0.4, 0.5) is 45.2 Å². The molecular weight excluding hydrogens is 693 g/mol. The molecule has 1 saturated heterocycles. The highest BCUT2D eigenvalue weighted by atomic mass is 19.4. The topological polar surface area (TPSA) is 148 Å². The molecule has 4 aromatic rings. The zero-order valence-corrected chi connectivity index (χ0v) is 25.7. The monoisotopic (exact) mass is 719 g/mol. The van der Waals surface area contributed by atoms with Gasteiger partial charge in [0, 0.05) is 56.4 Å². The smallest absolute Gasteiger partial charge is 0.475 e. The van der Waals surface area contributed by atoms with Gasteiger partial charge in [0.15, 0.2) is 5.69 Å². The van der Waals surface area contributed by atoms with Crippen LogP contribution < -0.4 is 4.90 Å². The van der Waals surface area contributed by atoms with Crippen molar-refractivity contribution in [3.05, 3.63) is 71.9 Å². The number of rotatable bonds is 5. The first-order valence-electron chi connectivity index (χ1n) is 14.2. The normalized spacial score (nSPS) is 13.8. The Hall–Kier alpha value is -5.45. The van der Waals surface area contributed by atoms with Gasteiger partial charge < -0.3 is 19.7 Å². The summed E-state index contributed by atoms with van der Waals surface area (Å²) >= 11 is 0. The number of carbonyl (C=O) groups is 2. The van der Waals surface area contributed by atoms with Crippen molar-refractivity contribution in [3.63, 3.8) is 0 Å². The summed E-state index contributed by atoms with van der Waals surface area (Å²) in [7, 11) is 0. The van der Waals surface area contributed by atoms with Gasteiger partial charge in [0.05, 0.1) is 23.3 Å². The first kappa shape index (κ1) is 39.0. The summed E-state index contributed by atoms with van der Waals surface area (Å²) in [5.41, 5.74) is 2.30. The molecule has 0 amide bonds. The number of nitrogens with zero attached hydrogens (tertiary/aromatic N) is 7. The number of imidazole rings is 1. The van der Waals surface area contributed by atoms with Crippen molar-refractivity contribution < 1.29 is 59.3 Å². The van der Waals surface area contributed by atoms with Crippen molar-refractivity contribution in [1.29, 1.82) is 5.26 Å². The average molecular weight is 720 g/mol. The molecule has 4 heterocycles. The Kier molecular flexibility index (Phi) is 12.4. The summed E-state index contributed by atoms with van der Waals surface area (Å²) in [4.78, 5) is 35.6. The molecule has 268 valence electrons. The third kappa shape index (κ3) is 10.3. The molecule has 5 rings (SSSR count). The zero-order chi connectivity index (χ0) is 37.4. The first-order chi connectivity index (χ1) is 23.3. The lowest BCUT2D eigenvalue weighted by molar-refractivity contribution is -0.193. The summed E-state index contributed by atoms with van der Waals surface area (Å²) in [6.07, 6.45) is -11.0. The number of pyridine rings is 2. The van der Waals surface area contributed by atoms with E-state index in [0.29, 0.717) is 35.4 Å². The highest BCUT2D eigenvalue weighted by molar-refractivity contribution is 5.85. The van der Waals surface area contributed by atoms with E-state index in [4.69, 9.17) is 24.8 Å². The van der Waals surface area contributed by atoms with Crippen LogP contribution in [0.3, 0.4) is 0 Å². The second kappa shape index (κ2) is 15.8. The first-order valence-corrected chi connectivity index (χ1v) is 14.2. The number of alkyl halides is 9. The van der Waals surface area contributed by atoms with Gasteiger partial charge in [0.1, 0.15) is 17.4 Å². The Bertz CT molecular complexity index is 1810. The molecule has 0 spiro atoms. The Morgan fingerprint density at radius 3 is 1.90 bits per heavy atom. The maximum atomic E-state index is 13.3. The van der Waals surface area contributed by atoms with E-state index < -0.39 is 36.0 Å². The maximum Gasteiger partial charge on any atom is 0.490 e. The molecule has 0 bridgehead atoms. The number of nitriles is 1. The maximum absolute atomic E-state index is 13.3. The van der Waals surface area contributed by atoms with Crippen LogP contribution in [0.1, 0.15) is 24.0 Å². The fourth-order valence-electron chi connectivity index (χ4n) is 4.64. The van der Waals surface area contributed by atoms with E-state index in [2.05, 4.69) is 25.8 Å². The molecule has 0 radical (unpaired) electrons. The molecule has 0 saturated carbocycles.